The van der Waals surface area contributed by atoms with Crippen molar-refractivity contribution >= 4 is 34.4 Å². The van der Waals surface area contributed by atoms with E-state index in [-0.39, 0.29) is 17.6 Å². The molecule has 1 unspecified atom stereocenters. The molecule has 0 radical (unpaired) electrons. The molecule has 0 bridgehead atoms. The number of fused-ring (bicyclic) bond motifs is 1. The largest absolute Gasteiger partial charge is 0.325 e. The molecule has 0 aliphatic carbocycles. The number of nitrogens with zero attached hydrogens (tertiary/aromatic N) is 2. The zero-order chi connectivity index (χ0) is 18.3. The van der Waals surface area contributed by atoms with Gasteiger partial charge in [0.2, 0.25) is 0 Å². The highest BCUT2D eigenvalue weighted by Gasteiger charge is 2.48. The fourth-order valence-electron chi connectivity index (χ4n) is 3.23. The van der Waals surface area contributed by atoms with Gasteiger partial charge in [0.05, 0.1) is 12.1 Å². The van der Waals surface area contributed by atoms with Gasteiger partial charge in [-0.25, -0.2) is 9.78 Å². The van der Waals surface area contributed by atoms with Crippen molar-refractivity contribution in [3.05, 3.63) is 76.9 Å². The zero-order valence-corrected chi connectivity index (χ0v) is 14.8. The van der Waals surface area contributed by atoms with E-state index in [0.717, 1.165) is 16.5 Å². The number of nitrogens with one attached hydrogen (secondary N) is 1. The van der Waals surface area contributed by atoms with Crippen LogP contribution in [0.5, 0.6) is 0 Å². The molecule has 3 amide bonds. The van der Waals surface area contributed by atoms with Crippen molar-refractivity contribution in [3.8, 4) is 0 Å². The molecule has 1 fully saturated rings. The molecule has 1 atom stereocenters. The van der Waals surface area contributed by atoms with Crippen molar-refractivity contribution in [2.75, 3.05) is 0 Å². The fourth-order valence-corrected chi connectivity index (χ4v) is 3.43. The average molecular weight is 366 g/mol. The van der Waals surface area contributed by atoms with Crippen molar-refractivity contribution in [1.29, 1.82) is 0 Å². The summed E-state index contributed by atoms with van der Waals surface area (Å²) < 4.78 is 0. The number of carbonyl (C=O) groups excluding carboxylic acids is 2. The first-order valence-corrected chi connectivity index (χ1v) is 8.60. The van der Waals surface area contributed by atoms with Crippen LogP contribution in [-0.4, -0.2) is 21.8 Å². The molecule has 3 aromatic rings. The smallest absolute Gasteiger partial charge is 0.319 e. The van der Waals surface area contributed by atoms with Crippen LogP contribution in [-0.2, 0) is 16.9 Å². The Morgan fingerprint density at radius 1 is 1.08 bits per heavy atom. The summed E-state index contributed by atoms with van der Waals surface area (Å²) in [7, 11) is 0. The third-order valence-electron chi connectivity index (χ3n) is 4.70. The highest BCUT2D eigenvalue weighted by Crippen LogP contribution is 2.31. The Bertz CT molecular complexity index is 1020. The Kier molecular flexibility index (Phi) is 3.89. The van der Waals surface area contributed by atoms with Crippen LogP contribution in [0.3, 0.4) is 0 Å². The quantitative estimate of drug-likeness (QED) is 0.566. The predicted octanol–water partition coefficient (Wildman–Crippen LogP) is 3.86. The van der Waals surface area contributed by atoms with Crippen molar-refractivity contribution in [2.45, 2.75) is 19.0 Å². The van der Waals surface area contributed by atoms with Gasteiger partial charge in [-0.05, 0) is 24.6 Å². The fraction of sp³-hybridized carbons (Fsp3) is 0.150. The van der Waals surface area contributed by atoms with Crippen molar-refractivity contribution in [1.82, 2.24) is 15.2 Å². The number of pyridine rings is 1. The number of hydrogen-bond acceptors (Lipinski definition) is 3. The molecule has 1 aromatic heterocycles. The van der Waals surface area contributed by atoms with Crippen LogP contribution in [0.1, 0.15) is 18.1 Å². The lowest BCUT2D eigenvalue weighted by Gasteiger charge is -2.22. The van der Waals surface area contributed by atoms with Gasteiger partial charge in [-0.15, -0.1) is 0 Å². The van der Waals surface area contributed by atoms with Gasteiger partial charge in [0.1, 0.15) is 10.7 Å². The zero-order valence-electron chi connectivity index (χ0n) is 14.1. The average Bonchev–Trinajstić information content (AvgIpc) is 2.87. The summed E-state index contributed by atoms with van der Waals surface area (Å²) in [5.74, 6) is -0.307. The lowest BCUT2D eigenvalue weighted by atomic mass is 9.92. The molecule has 4 rings (SSSR count). The maximum absolute atomic E-state index is 13.0. The Labute approximate surface area is 155 Å². The van der Waals surface area contributed by atoms with E-state index in [1.165, 1.54) is 4.90 Å². The van der Waals surface area contributed by atoms with Crippen LogP contribution in [0.4, 0.5) is 4.79 Å². The van der Waals surface area contributed by atoms with Gasteiger partial charge in [0, 0.05) is 10.9 Å². The molecule has 5 nitrogen and oxygen atoms in total. The number of halogens is 1. The first kappa shape index (κ1) is 16.5. The molecule has 1 saturated heterocycles. The lowest BCUT2D eigenvalue weighted by molar-refractivity contribution is -0.131. The van der Waals surface area contributed by atoms with Gasteiger partial charge in [-0.3, -0.25) is 9.69 Å². The second kappa shape index (κ2) is 6.11. The minimum Gasteiger partial charge on any atom is -0.319 e. The number of urea groups is 1. The van der Waals surface area contributed by atoms with Crippen LogP contribution in [0.15, 0.2) is 60.7 Å². The Balaban J connectivity index is 1.68. The van der Waals surface area contributed by atoms with Gasteiger partial charge in [-0.1, -0.05) is 60.1 Å². The molecule has 26 heavy (non-hydrogen) atoms. The van der Waals surface area contributed by atoms with Crippen LogP contribution in [0, 0.1) is 0 Å². The summed E-state index contributed by atoms with van der Waals surface area (Å²) in [6.07, 6.45) is 0. The molecule has 0 saturated carbocycles. The third-order valence-corrected chi connectivity index (χ3v) is 5.03. The number of carbonyl (C=O) groups is 2. The van der Waals surface area contributed by atoms with Gasteiger partial charge >= 0.3 is 6.03 Å². The number of para-hydroxylation sites is 1. The minimum atomic E-state index is -1.09. The summed E-state index contributed by atoms with van der Waals surface area (Å²) >= 11 is 6.28. The van der Waals surface area contributed by atoms with Crippen LogP contribution in [0.25, 0.3) is 10.9 Å². The van der Waals surface area contributed by atoms with Gasteiger partial charge in [0.15, 0.2) is 0 Å². The van der Waals surface area contributed by atoms with Gasteiger partial charge in [0.25, 0.3) is 5.91 Å². The van der Waals surface area contributed by atoms with E-state index in [9.17, 15) is 9.59 Å². The van der Waals surface area contributed by atoms with E-state index >= 15 is 0 Å². The number of benzene rings is 2. The second-order valence-corrected chi connectivity index (χ2v) is 6.80. The molecule has 130 valence electrons. The summed E-state index contributed by atoms with van der Waals surface area (Å²) in [5.41, 5.74) is 1.05. The van der Waals surface area contributed by atoms with E-state index in [2.05, 4.69) is 10.3 Å². The Morgan fingerprint density at radius 2 is 1.77 bits per heavy atom. The number of rotatable bonds is 3. The topological polar surface area (TPSA) is 62.3 Å². The van der Waals surface area contributed by atoms with E-state index in [1.54, 1.807) is 6.92 Å². The van der Waals surface area contributed by atoms with E-state index in [0.29, 0.717) is 5.56 Å². The first-order chi connectivity index (χ1) is 12.5. The summed E-state index contributed by atoms with van der Waals surface area (Å²) in [4.78, 5) is 31.0. The summed E-state index contributed by atoms with van der Waals surface area (Å²) in [5, 5.41) is 3.99. The predicted molar refractivity (Wildman–Crippen MR) is 99.6 cm³/mol. The molecule has 1 aliphatic heterocycles. The summed E-state index contributed by atoms with van der Waals surface area (Å²) in [6.45, 7) is 1.78. The maximum Gasteiger partial charge on any atom is 0.325 e. The maximum atomic E-state index is 13.0. The monoisotopic (exact) mass is 365 g/mol. The molecular weight excluding hydrogens is 350 g/mol. The first-order valence-electron chi connectivity index (χ1n) is 8.23. The normalized spacial score (nSPS) is 19.8. The second-order valence-electron chi connectivity index (χ2n) is 6.44. The van der Waals surface area contributed by atoms with Crippen LogP contribution < -0.4 is 5.32 Å². The van der Waals surface area contributed by atoms with E-state index in [4.69, 9.17) is 11.6 Å². The number of amides is 3. The van der Waals surface area contributed by atoms with Crippen LogP contribution >= 0.6 is 11.6 Å². The number of imide groups is 1. The SMILES string of the molecule is CC1(c2ccccc2)NC(=O)N(Cc2cc3ccccc3nc2Cl)C1=O. The molecule has 0 spiro atoms. The van der Waals surface area contributed by atoms with Gasteiger partial charge in [-0.2, -0.15) is 0 Å². The standard InChI is InChI=1S/C20H16ClN3O2/c1-20(15-8-3-2-4-9-15)18(25)24(19(26)23-20)12-14-11-13-7-5-6-10-16(13)22-17(14)21/h2-11H,12H2,1H3,(H,23,26). The van der Waals surface area contributed by atoms with E-state index in [1.807, 2.05) is 60.7 Å². The highest BCUT2D eigenvalue weighted by molar-refractivity contribution is 6.30. The molecular formula is C20H16ClN3O2. The van der Waals surface area contributed by atoms with E-state index < -0.39 is 11.6 Å². The highest BCUT2D eigenvalue weighted by atomic mass is 35.5. The molecule has 1 N–H and O–H groups in total. The molecule has 2 aromatic carbocycles. The molecule has 1 aliphatic rings. The Hall–Kier alpha value is -2.92. The van der Waals surface area contributed by atoms with Crippen molar-refractivity contribution < 1.29 is 9.59 Å². The van der Waals surface area contributed by atoms with Crippen molar-refractivity contribution in [3.63, 3.8) is 0 Å². The minimum absolute atomic E-state index is 0.0732. The third kappa shape index (κ3) is 2.61. The Morgan fingerprint density at radius 3 is 2.54 bits per heavy atom. The number of aromatic nitrogens is 1. The number of hydrogen-bond donors (Lipinski definition) is 1. The van der Waals surface area contributed by atoms with Crippen molar-refractivity contribution in [2.24, 2.45) is 0 Å². The van der Waals surface area contributed by atoms with Gasteiger partial charge < -0.3 is 5.32 Å². The summed E-state index contributed by atoms with van der Waals surface area (Å²) in [6, 6.07) is 18.2. The lowest BCUT2D eigenvalue weighted by Crippen LogP contribution is -2.40. The molecule has 6 heteroatoms. The van der Waals surface area contributed by atoms with Crippen LogP contribution in [0.2, 0.25) is 5.15 Å². The molecule has 2 heterocycles.